The van der Waals surface area contributed by atoms with Gasteiger partial charge < -0.3 is 0 Å². The zero-order valence-electron chi connectivity index (χ0n) is 8.02. The molecule has 0 spiro atoms. The van der Waals surface area contributed by atoms with Crippen LogP contribution in [0.5, 0.6) is 0 Å². The molecule has 2 aromatic heterocycles. The van der Waals surface area contributed by atoms with Crippen molar-refractivity contribution in [1.82, 2.24) is 9.78 Å². The lowest BCUT2D eigenvalue weighted by atomic mass is 10.4. The van der Waals surface area contributed by atoms with E-state index in [1.54, 1.807) is 13.1 Å². The molecule has 8 heteroatoms. The summed E-state index contributed by atoms with van der Waals surface area (Å²) in [7, 11) is 1.57. The van der Waals surface area contributed by atoms with E-state index in [9.17, 15) is 8.42 Å². The first-order chi connectivity index (χ1) is 7.38. The molecule has 2 heterocycles. The first-order valence-corrected chi connectivity index (χ1v) is 7.64. The summed E-state index contributed by atoms with van der Waals surface area (Å²) < 4.78 is 23.9. The number of rotatable bonds is 2. The predicted octanol–water partition coefficient (Wildman–Crippen LogP) is 2.82. The number of nitrogens with zero attached hydrogens (tertiary/aromatic N) is 2. The van der Waals surface area contributed by atoms with Gasteiger partial charge in [0.15, 0.2) is 0 Å². The van der Waals surface area contributed by atoms with E-state index in [0.29, 0.717) is 10.0 Å². The minimum absolute atomic E-state index is 0.105. The first kappa shape index (κ1) is 11.9. The molecule has 0 aromatic carbocycles. The van der Waals surface area contributed by atoms with Crippen LogP contribution in [0.4, 0.5) is 0 Å². The predicted molar refractivity (Wildman–Crippen MR) is 64.2 cm³/mol. The summed E-state index contributed by atoms with van der Waals surface area (Å²) >= 11 is 6.79. The Balaban J connectivity index is 2.55. The van der Waals surface area contributed by atoms with Crippen LogP contribution in [0.1, 0.15) is 5.56 Å². The first-order valence-electron chi connectivity index (χ1n) is 4.13. The highest BCUT2D eigenvalue weighted by atomic mass is 35.7. The van der Waals surface area contributed by atoms with Gasteiger partial charge in [0.2, 0.25) is 0 Å². The van der Waals surface area contributed by atoms with E-state index in [-0.39, 0.29) is 4.21 Å². The zero-order chi connectivity index (χ0) is 11.9. The number of aryl methyl sites for hydroxylation is 1. The lowest BCUT2D eigenvalue weighted by Crippen LogP contribution is -1.91. The largest absolute Gasteiger partial charge is 0.270 e. The van der Waals surface area contributed by atoms with Crippen molar-refractivity contribution in [2.75, 3.05) is 0 Å². The maximum absolute atomic E-state index is 11.2. The third-order valence-corrected chi connectivity index (χ3v) is 5.36. The Hall–Kier alpha value is -0.560. The molecule has 2 aromatic rings. The van der Waals surface area contributed by atoms with Crippen molar-refractivity contribution in [3.05, 3.63) is 29.0 Å². The average Bonchev–Trinajstić information content (AvgIpc) is 2.70. The Kier molecular flexibility index (Phi) is 3.00. The van der Waals surface area contributed by atoms with E-state index in [0.717, 1.165) is 16.9 Å². The molecular weight excluding hydrogens is 291 g/mol. The van der Waals surface area contributed by atoms with E-state index >= 15 is 0 Å². The fourth-order valence-electron chi connectivity index (χ4n) is 1.20. The van der Waals surface area contributed by atoms with Gasteiger partial charge in [0.25, 0.3) is 9.05 Å². The second-order valence-corrected chi connectivity index (χ2v) is 7.35. The fourth-order valence-corrected chi connectivity index (χ4v) is 3.55. The molecule has 0 N–H and O–H groups in total. The van der Waals surface area contributed by atoms with E-state index in [2.05, 4.69) is 5.10 Å². The summed E-state index contributed by atoms with van der Waals surface area (Å²) in [6, 6.07) is 1.51. The van der Waals surface area contributed by atoms with Gasteiger partial charge in [0.05, 0.1) is 17.4 Å². The SMILES string of the molecule is Cc1cc(S(=O)(=O)Cl)sc1-n1cc(Cl)cn1. The van der Waals surface area contributed by atoms with Crippen molar-refractivity contribution in [3.63, 3.8) is 0 Å². The molecule has 0 aliphatic carbocycles. The third-order valence-electron chi connectivity index (χ3n) is 1.87. The Morgan fingerprint density at radius 3 is 2.62 bits per heavy atom. The lowest BCUT2D eigenvalue weighted by molar-refractivity contribution is 0.611. The van der Waals surface area contributed by atoms with E-state index < -0.39 is 9.05 Å². The van der Waals surface area contributed by atoms with Crippen LogP contribution in [0, 0.1) is 6.92 Å². The van der Waals surface area contributed by atoms with Gasteiger partial charge in [-0.15, -0.1) is 11.3 Å². The number of aromatic nitrogens is 2. The molecule has 0 fully saturated rings. The molecule has 0 saturated carbocycles. The highest BCUT2D eigenvalue weighted by Crippen LogP contribution is 2.31. The van der Waals surface area contributed by atoms with Crippen molar-refractivity contribution >= 4 is 42.7 Å². The van der Waals surface area contributed by atoms with Crippen molar-refractivity contribution in [1.29, 1.82) is 0 Å². The second kappa shape index (κ2) is 4.03. The van der Waals surface area contributed by atoms with Crippen molar-refractivity contribution in [3.8, 4) is 5.00 Å². The van der Waals surface area contributed by atoms with E-state index in [1.807, 2.05) is 0 Å². The average molecular weight is 297 g/mol. The van der Waals surface area contributed by atoms with Gasteiger partial charge in [-0.05, 0) is 18.6 Å². The Labute approximate surface area is 106 Å². The van der Waals surface area contributed by atoms with Crippen LogP contribution < -0.4 is 0 Å². The summed E-state index contributed by atoms with van der Waals surface area (Å²) in [5, 5.41) is 5.17. The molecule has 0 aliphatic heterocycles. The molecule has 0 atom stereocenters. The van der Waals surface area contributed by atoms with E-state index in [1.165, 1.54) is 16.9 Å². The van der Waals surface area contributed by atoms with Crippen LogP contribution >= 0.6 is 33.6 Å². The monoisotopic (exact) mass is 296 g/mol. The molecule has 0 saturated heterocycles. The zero-order valence-corrected chi connectivity index (χ0v) is 11.2. The minimum Gasteiger partial charge on any atom is -0.229 e. The standard InChI is InChI=1S/C8H6Cl2N2O2S2/c1-5-2-7(16(10,13)14)15-8(5)12-4-6(9)3-11-12/h2-4H,1H3. The van der Waals surface area contributed by atoms with Gasteiger partial charge in [0.1, 0.15) is 9.21 Å². The highest BCUT2D eigenvalue weighted by Gasteiger charge is 2.17. The molecule has 0 radical (unpaired) electrons. The number of hydrogen-bond donors (Lipinski definition) is 0. The topological polar surface area (TPSA) is 52.0 Å². The molecule has 0 aliphatic rings. The number of hydrogen-bond acceptors (Lipinski definition) is 4. The molecule has 86 valence electrons. The minimum atomic E-state index is -3.69. The number of thiophene rings is 1. The Bertz CT molecular complexity index is 630. The quantitative estimate of drug-likeness (QED) is 0.801. The van der Waals surface area contributed by atoms with Gasteiger partial charge >= 0.3 is 0 Å². The summed E-state index contributed by atoms with van der Waals surface area (Å²) in [5.41, 5.74) is 0.781. The summed E-state index contributed by atoms with van der Waals surface area (Å²) in [6.45, 7) is 1.78. The second-order valence-electron chi connectivity index (χ2n) is 3.09. The van der Waals surface area contributed by atoms with Crippen molar-refractivity contribution in [2.45, 2.75) is 11.1 Å². The van der Waals surface area contributed by atoms with Crippen LogP contribution in [-0.2, 0) is 9.05 Å². The molecule has 16 heavy (non-hydrogen) atoms. The number of halogens is 2. The summed E-state index contributed by atoms with van der Waals surface area (Å²) in [5.74, 6) is 0. The molecule has 0 unspecified atom stereocenters. The third kappa shape index (κ3) is 2.24. The van der Waals surface area contributed by atoms with Crippen LogP contribution in [0.15, 0.2) is 22.7 Å². The maximum Gasteiger partial charge on any atom is 0.270 e. The lowest BCUT2D eigenvalue weighted by Gasteiger charge is -1.96. The van der Waals surface area contributed by atoms with Crippen molar-refractivity contribution in [2.24, 2.45) is 0 Å². The molecule has 2 rings (SSSR count). The molecule has 0 amide bonds. The van der Waals surface area contributed by atoms with Gasteiger partial charge in [-0.2, -0.15) is 5.10 Å². The fraction of sp³-hybridized carbons (Fsp3) is 0.125. The normalized spacial score (nSPS) is 11.9. The molecule has 4 nitrogen and oxygen atoms in total. The molecule has 0 bridgehead atoms. The van der Waals surface area contributed by atoms with Crippen LogP contribution in [0.25, 0.3) is 5.00 Å². The van der Waals surface area contributed by atoms with Crippen LogP contribution in [0.2, 0.25) is 5.02 Å². The van der Waals surface area contributed by atoms with Gasteiger partial charge in [-0.1, -0.05) is 11.6 Å². The van der Waals surface area contributed by atoms with Gasteiger partial charge in [0, 0.05) is 10.7 Å². The van der Waals surface area contributed by atoms with Crippen LogP contribution in [0.3, 0.4) is 0 Å². The van der Waals surface area contributed by atoms with Crippen LogP contribution in [-0.4, -0.2) is 18.2 Å². The van der Waals surface area contributed by atoms with E-state index in [4.69, 9.17) is 22.3 Å². The van der Waals surface area contributed by atoms with Gasteiger partial charge in [-0.25, -0.2) is 13.1 Å². The maximum atomic E-state index is 11.2. The highest BCUT2D eigenvalue weighted by molar-refractivity contribution is 8.15. The van der Waals surface area contributed by atoms with Crippen molar-refractivity contribution < 1.29 is 8.42 Å². The summed E-state index contributed by atoms with van der Waals surface area (Å²) in [6.07, 6.45) is 3.08. The Morgan fingerprint density at radius 2 is 2.19 bits per heavy atom. The smallest absolute Gasteiger partial charge is 0.229 e. The van der Waals surface area contributed by atoms with Gasteiger partial charge in [-0.3, -0.25) is 0 Å². The summed E-state index contributed by atoms with van der Waals surface area (Å²) in [4.78, 5) is 0. The Morgan fingerprint density at radius 1 is 1.50 bits per heavy atom. The molecular formula is C8H6Cl2N2O2S2.